The van der Waals surface area contributed by atoms with E-state index in [-0.39, 0.29) is 17.6 Å². The molecule has 1 saturated heterocycles. The van der Waals surface area contributed by atoms with E-state index in [0.29, 0.717) is 6.54 Å². The van der Waals surface area contributed by atoms with Gasteiger partial charge in [0.1, 0.15) is 5.82 Å². The number of hydrogen-bond donors (Lipinski definition) is 1. The van der Waals surface area contributed by atoms with Gasteiger partial charge in [0.05, 0.1) is 14.2 Å². The van der Waals surface area contributed by atoms with E-state index in [0.717, 1.165) is 67.9 Å². The zero-order valence-electron chi connectivity index (χ0n) is 17.8. The molecule has 1 aliphatic heterocycles. The third-order valence-electron chi connectivity index (χ3n) is 5.67. The summed E-state index contributed by atoms with van der Waals surface area (Å²) in [5.41, 5.74) is 2.27. The van der Waals surface area contributed by atoms with Gasteiger partial charge in [-0.25, -0.2) is 4.39 Å². The number of halogens is 1. The number of methoxy groups -OCH3 is 2. The van der Waals surface area contributed by atoms with Crippen LogP contribution in [0.1, 0.15) is 30.4 Å². The summed E-state index contributed by atoms with van der Waals surface area (Å²) in [5, 5.41) is 3.09. The molecule has 0 saturated carbocycles. The number of carbonyl (C=O) groups excluding carboxylic acids is 1. The molecule has 30 heavy (non-hydrogen) atoms. The second-order valence-electron chi connectivity index (χ2n) is 7.76. The number of nitrogens with zero attached hydrogens (tertiary/aromatic N) is 1. The Bertz CT molecular complexity index is 818. The van der Waals surface area contributed by atoms with Crippen LogP contribution in [0.2, 0.25) is 0 Å². The SMILES string of the molecule is COc1ccc(CCCNC(=O)C2CCN(Cc3ccc(F)cc3)CC2)cc1OC. The van der Waals surface area contributed by atoms with Gasteiger partial charge in [0.25, 0.3) is 0 Å². The number of hydrogen-bond acceptors (Lipinski definition) is 4. The highest BCUT2D eigenvalue weighted by molar-refractivity contribution is 5.78. The highest BCUT2D eigenvalue weighted by Crippen LogP contribution is 2.28. The van der Waals surface area contributed by atoms with Crippen molar-refractivity contribution in [2.75, 3.05) is 33.9 Å². The van der Waals surface area contributed by atoms with Crippen LogP contribution < -0.4 is 14.8 Å². The molecule has 162 valence electrons. The molecular formula is C24H31FN2O3. The molecule has 0 unspecified atom stereocenters. The molecule has 5 nitrogen and oxygen atoms in total. The van der Waals surface area contributed by atoms with E-state index in [2.05, 4.69) is 10.2 Å². The minimum Gasteiger partial charge on any atom is -0.493 e. The molecule has 1 heterocycles. The summed E-state index contributed by atoms with van der Waals surface area (Å²) in [6, 6.07) is 12.6. The standard InChI is InChI=1S/C24H31FN2O3/c1-29-22-10-7-18(16-23(22)30-2)4-3-13-26-24(28)20-11-14-27(15-12-20)17-19-5-8-21(25)9-6-19/h5-10,16,20H,3-4,11-15,17H2,1-2H3,(H,26,28). The Labute approximate surface area is 178 Å². The van der Waals surface area contributed by atoms with E-state index < -0.39 is 0 Å². The number of ether oxygens (including phenoxy) is 2. The Kier molecular flexibility index (Phi) is 8.08. The summed E-state index contributed by atoms with van der Waals surface area (Å²) in [6.45, 7) is 3.26. The molecule has 1 aliphatic rings. The molecule has 0 aliphatic carbocycles. The highest BCUT2D eigenvalue weighted by atomic mass is 19.1. The Balaban J connectivity index is 1.35. The minimum absolute atomic E-state index is 0.0792. The molecule has 1 N–H and O–H groups in total. The van der Waals surface area contributed by atoms with Gasteiger partial charge in [0.15, 0.2) is 11.5 Å². The predicted octanol–water partition coefficient (Wildman–Crippen LogP) is 3.80. The first-order chi connectivity index (χ1) is 14.6. The Morgan fingerprint density at radius 3 is 2.37 bits per heavy atom. The summed E-state index contributed by atoms with van der Waals surface area (Å²) in [4.78, 5) is 14.8. The highest BCUT2D eigenvalue weighted by Gasteiger charge is 2.24. The molecule has 0 bridgehead atoms. The minimum atomic E-state index is -0.208. The van der Waals surface area contributed by atoms with Crippen LogP contribution in [0.3, 0.4) is 0 Å². The maximum absolute atomic E-state index is 13.0. The largest absolute Gasteiger partial charge is 0.493 e. The van der Waals surface area contributed by atoms with Gasteiger partial charge in [-0.15, -0.1) is 0 Å². The molecule has 0 aromatic heterocycles. The number of likely N-dealkylation sites (tertiary alicyclic amines) is 1. The van der Waals surface area contributed by atoms with Gasteiger partial charge in [0.2, 0.25) is 5.91 Å². The lowest BCUT2D eigenvalue weighted by Gasteiger charge is -2.31. The van der Waals surface area contributed by atoms with Gasteiger partial charge >= 0.3 is 0 Å². The second-order valence-corrected chi connectivity index (χ2v) is 7.76. The van der Waals surface area contributed by atoms with Crippen molar-refractivity contribution in [1.29, 1.82) is 0 Å². The van der Waals surface area contributed by atoms with E-state index in [1.54, 1.807) is 14.2 Å². The first-order valence-corrected chi connectivity index (χ1v) is 10.5. The van der Waals surface area contributed by atoms with E-state index >= 15 is 0 Å². The summed E-state index contributed by atoms with van der Waals surface area (Å²) in [6.07, 6.45) is 3.48. The fourth-order valence-corrected chi connectivity index (χ4v) is 3.89. The molecule has 2 aromatic carbocycles. The lowest BCUT2D eigenvalue weighted by atomic mass is 9.95. The maximum atomic E-state index is 13.0. The first kappa shape index (κ1) is 22.1. The van der Waals surface area contributed by atoms with Crippen LogP contribution in [-0.4, -0.2) is 44.7 Å². The lowest BCUT2D eigenvalue weighted by molar-refractivity contribution is -0.126. The second kappa shape index (κ2) is 11.0. The quantitative estimate of drug-likeness (QED) is 0.634. The van der Waals surface area contributed by atoms with Crippen molar-refractivity contribution in [1.82, 2.24) is 10.2 Å². The Morgan fingerprint density at radius 2 is 1.70 bits per heavy atom. The van der Waals surface area contributed by atoms with E-state index in [9.17, 15) is 9.18 Å². The molecule has 3 rings (SSSR count). The number of rotatable bonds is 9. The van der Waals surface area contributed by atoms with Gasteiger partial charge in [-0.2, -0.15) is 0 Å². The lowest BCUT2D eigenvalue weighted by Crippen LogP contribution is -2.40. The predicted molar refractivity (Wildman–Crippen MR) is 115 cm³/mol. The van der Waals surface area contributed by atoms with Gasteiger partial charge in [0, 0.05) is 19.0 Å². The van der Waals surface area contributed by atoms with Crippen LogP contribution in [0.4, 0.5) is 4.39 Å². The molecule has 1 fully saturated rings. The summed E-state index contributed by atoms with van der Waals surface area (Å²) >= 11 is 0. The normalized spacial score (nSPS) is 15.0. The molecular weight excluding hydrogens is 383 g/mol. The fraction of sp³-hybridized carbons (Fsp3) is 0.458. The van der Waals surface area contributed by atoms with Gasteiger partial charge in [-0.05, 0) is 74.2 Å². The van der Waals surface area contributed by atoms with Crippen molar-refractivity contribution in [2.24, 2.45) is 5.92 Å². The van der Waals surface area contributed by atoms with E-state index in [4.69, 9.17) is 9.47 Å². The zero-order valence-corrected chi connectivity index (χ0v) is 17.8. The summed E-state index contributed by atoms with van der Waals surface area (Å²) < 4.78 is 23.6. The number of amides is 1. The van der Waals surface area contributed by atoms with E-state index in [1.165, 1.54) is 12.1 Å². The topological polar surface area (TPSA) is 50.8 Å². The molecule has 0 spiro atoms. The summed E-state index contributed by atoms with van der Waals surface area (Å²) in [5.74, 6) is 1.48. The molecule has 0 atom stereocenters. The number of aryl methyl sites for hydroxylation is 1. The third kappa shape index (κ3) is 6.20. The number of benzene rings is 2. The average Bonchev–Trinajstić information content (AvgIpc) is 2.78. The van der Waals surface area contributed by atoms with Crippen molar-refractivity contribution < 1.29 is 18.7 Å². The van der Waals surface area contributed by atoms with Gasteiger partial charge < -0.3 is 14.8 Å². The van der Waals surface area contributed by atoms with Gasteiger partial charge in [-0.3, -0.25) is 9.69 Å². The molecule has 6 heteroatoms. The monoisotopic (exact) mass is 414 g/mol. The average molecular weight is 415 g/mol. The number of piperidine rings is 1. The van der Waals surface area contributed by atoms with Crippen molar-refractivity contribution in [3.8, 4) is 11.5 Å². The van der Waals surface area contributed by atoms with Crippen molar-refractivity contribution in [2.45, 2.75) is 32.2 Å². The van der Waals surface area contributed by atoms with Crippen LogP contribution in [-0.2, 0) is 17.8 Å². The molecule has 1 amide bonds. The smallest absolute Gasteiger partial charge is 0.223 e. The Morgan fingerprint density at radius 1 is 1.03 bits per heavy atom. The van der Waals surface area contributed by atoms with Crippen LogP contribution in [0.15, 0.2) is 42.5 Å². The molecule has 2 aromatic rings. The van der Waals surface area contributed by atoms with Crippen molar-refractivity contribution in [3.63, 3.8) is 0 Å². The Hall–Kier alpha value is -2.60. The van der Waals surface area contributed by atoms with Crippen LogP contribution >= 0.6 is 0 Å². The van der Waals surface area contributed by atoms with Crippen LogP contribution in [0.25, 0.3) is 0 Å². The number of nitrogens with one attached hydrogen (secondary N) is 1. The first-order valence-electron chi connectivity index (χ1n) is 10.5. The van der Waals surface area contributed by atoms with E-state index in [1.807, 2.05) is 30.3 Å². The maximum Gasteiger partial charge on any atom is 0.223 e. The van der Waals surface area contributed by atoms with Gasteiger partial charge in [-0.1, -0.05) is 18.2 Å². The van der Waals surface area contributed by atoms with Crippen molar-refractivity contribution >= 4 is 5.91 Å². The van der Waals surface area contributed by atoms with Crippen LogP contribution in [0.5, 0.6) is 11.5 Å². The number of carbonyl (C=O) groups is 1. The zero-order chi connectivity index (χ0) is 21.3. The van der Waals surface area contributed by atoms with Crippen molar-refractivity contribution in [3.05, 3.63) is 59.4 Å². The molecule has 0 radical (unpaired) electrons. The third-order valence-corrected chi connectivity index (χ3v) is 5.67. The summed E-state index contributed by atoms with van der Waals surface area (Å²) in [7, 11) is 3.26. The van der Waals surface area contributed by atoms with Crippen LogP contribution in [0, 0.1) is 11.7 Å². The fourth-order valence-electron chi connectivity index (χ4n) is 3.89.